The number of hydrogen-bond acceptors (Lipinski definition) is 4. The number of benzene rings is 1. The standard InChI is InChI=1S/C11H11BrFNO4/c1-18-9(15)4-2-3-7-5-6-8(12)10(13)11(7)14(16)17/h5-6H,2-4H2,1H3. The molecule has 0 spiro atoms. The lowest BCUT2D eigenvalue weighted by molar-refractivity contribution is -0.388. The fraction of sp³-hybridized carbons (Fsp3) is 0.364. The number of carbonyl (C=O) groups excluding carboxylic acids is 1. The first-order chi connectivity index (χ1) is 8.47. The van der Waals surface area contributed by atoms with Gasteiger partial charge in [0.25, 0.3) is 0 Å². The second kappa shape index (κ2) is 6.44. The number of hydrogen-bond donors (Lipinski definition) is 0. The maximum absolute atomic E-state index is 13.6. The molecule has 0 N–H and O–H groups in total. The smallest absolute Gasteiger partial charge is 0.309 e. The predicted octanol–water partition coefficient (Wildman–Crippen LogP) is 2.99. The molecule has 0 radical (unpaired) electrons. The lowest BCUT2D eigenvalue weighted by atomic mass is 10.1. The van der Waals surface area contributed by atoms with E-state index in [1.165, 1.54) is 19.2 Å². The minimum Gasteiger partial charge on any atom is -0.469 e. The molecule has 98 valence electrons. The van der Waals surface area contributed by atoms with E-state index in [2.05, 4.69) is 20.7 Å². The van der Waals surface area contributed by atoms with Crippen LogP contribution < -0.4 is 0 Å². The summed E-state index contributed by atoms with van der Waals surface area (Å²) in [7, 11) is 1.27. The van der Waals surface area contributed by atoms with Gasteiger partial charge in [0.1, 0.15) is 0 Å². The maximum atomic E-state index is 13.6. The van der Waals surface area contributed by atoms with E-state index >= 15 is 0 Å². The molecule has 0 saturated heterocycles. The largest absolute Gasteiger partial charge is 0.469 e. The fourth-order valence-corrected chi connectivity index (χ4v) is 1.82. The van der Waals surface area contributed by atoms with Gasteiger partial charge in [-0.25, -0.2) is 0 Å². The summed E-state index contributed by atoms with van der Waals surface area (Å²) in [4.78, 5) is 20.9. The van der Waals surface area contributed by atoms with E-state index in [0.29, 0.717) is 6.42 Å². The zero-order valence-corrected chi connectivity index (χ0v) is 11.2. The second-order valence-electron chi connectivity index (χ2n) is 3.56. The lowest BCUT2D eigenvalue weighted by Gasteiger charge is -2.04. The van der Waals surface area contributed by atoms with Gasteiger partial charge in [-0.05, 0) is 34.8 Å². The van der Waals surface area contributed by atoms with Crippen molar-refractivity contribution in [2.75, 3.05) is 7.11 Å². The van der Waals surface area contributed by atoms with Gasteiger partial charge in [-0.1, -0.05) is 6.07 Å². The van der Waals surface area contributed by atoms with Crippen LogP contribution in [-0.2, 0) is 16.0 Å². The van der Waals surface area contributed by atoms with Crippen LogP contribution >= 0.6 is 15.9 Å². The van der Waals surface area contributed by atoms with Gasteiger partial charge in [0.05, 0.1) is 16.5 Å². The Kier molecular flexibility index (Phi) is 5.21. The van der Waals surface area contributed by atoms with Crippen LogP contribution in [0.25, 0.3) is 0 Å². The minimum absolute atomic E-state index is 0.0471. The maximum Gasteiger partial charge on any atom is 0.309 e. The van der Waals surface area contributed by atoms with E-state index in [0.717, 1.165) is 0 Å². The molecule has 0 fully saturated rings. The van der Waals surface area contributed by atoms with Crippen LogP contribution in [0.15, 0.2) is 16.6 Å². The van der Waals surface area contributed by atoms with E-state index in [1.807, 2.05) is 0 Å². The molecule has 0 aliphatic carbocycles. The molecule has 7 heteroatoms. The van der Waals surface area contributed by atoms with Gasteiger partial charge in [0.2, 0.25) is 5.82 Å². The van der Waals surface area contributed by atoms with E-state index < -0.39 is 22.4 Å². The molecule has 0 aromatic heterocycles. The monoisotopic (exact) mass is 319 g/mol. The highest BCUT2D eigenvalue weighted by atomic mass is 79.9. The lowest BCUT2D eigenvalue weighted by Crippen LogP contribution is -2.03. The molecule has 0 heterocycles. The highest BCUT2D eigenvalue weighted by molar-refractivity contribution is 9.10. The average Bonchev–Trinajstić information content (AvgIpc) is 2.33. The fourth-order valence-electron chi connectivity index (χ4n) is 1.50. The summed E-state index contributed by atoms with van der Waals surface area (Å²) in [5.74, 6) is -1.29. The average molecular weight is 320 g/mol. The number of nitro benzene ring substituents is 1. The van der Waals surface area contributed by atoms with Crippen molar-refractivity contribution in [1.82, 2.24) is 0 Å². The molecule has 0 aliphatic heterocycles. The summed E-state index contributed by atoms with van der Waals surface area (Å²) in [5.41, 5.74) is -0.279. The number of rotatable bonds is 5. The van der Waals surface area contributed by atoms with Gasteiger partial charge in [-0.2, -0.15) is 4.39 Å². The highest BCUT2D eigenvalue weighted by Crippen LogP contribution is 2.29. The quantitative estimate of drug-likeness (QED) is 0.475. The van der Waals surface area contributed by atoms with Gasteiger partial charge in [-0.15, -0.1) is 0 Å². The van der Waals surface area contributed by atoms with Crippen LogP contribution in [0.1, 0.15) is 18.4 Å². The molecule has 1 aromatic carbocycles. The van der Waals surface area contributed by atoms with Crippen molar-refractivity contribution < 1.29 is 18.8 Å². The van der Waals surface area contributed by atoms with Crippen LogP contribution in [0.3, 0.4) is 0 Å². The molecule has 0 bridgehead atoms. The highest BCUT2D eigenvalue weighted by Gasteiger charge is 2.22. The number of methoxy groups -OCH3 is 1. The summed E-state index contributed by atoms with van der Waals surface area (Å²) in [6.07, 6.45) is 0.759. The van der Waals surface area contributed by atoms with E-state index in [9.17, 15) is 19.3 Å². The third-order valence-corrected chi connectivity index (χ3v) is 3.00. The first-order valence-electron chi connectivity index (χ1n) is 5.15. The number of esters is 1. The SMILES string of the molecule is COC(=O)CCCc1ccc(Br)c(F)c1[N+](=O)[O-]. The molecule has 0 aliphatic rings. The Bertz CT molecular complexity index is 478. The number of carbonyl (C=O) groups is 1. The van der Waals surface area contributed by atoms with Crippen molar-refractivity contribution in [3.8, 4) is 0 Å². The van der Waals surface area contributed by atoms with Gasteiger partial charge >= 0.3 is 11.7 Å². The van der Waals surface area contributed by atoms with Gasteiger partial charge < -0.3 is 4.74 Å². The molecule has 0 atom stereocenters. The van der Waals surface area contributed by atoms with E-state index in [1.54, 1.807) is 0 Å². The molecular weight excluding hydrogens is 309 g/mol. The third-order valence-electron chi connectivity index (χ3n) is 2.39. The molecule has 1 aromatic rings. The Morgan fingerprint density at radius 1 is 1.56 bits per heavy atom. The van der Waals surface area contributed by atoms with Gasteiger partial charge in [0, 0.05) is 12.0 Å². The number of aryl methyl sites for hydroxylation is 1. The van der Waals surface area contributed by atoms with Crippen LogP contribution in [-0.4, -0.2) is 18.0 Å². The van der Waals surface area contributed by atoms with E-state index in [4.69, 9.17) is 0 Å². The summed E-state index contributed by atoms with van der Waals surface area (Å²) in [6.45, 7) is 0. The molecule has 5 nitrogen and oxygen atoms in total. The van der Waals surface area contributed by atoms with Crippen molar-refractivity contribution in [3.05, 3.63) is 38.1 Å². The molecule has 1 rings (SSSR count). The Morgan fingerprint density at radius 3 is 2.78 bits per heavy atom. The number of halogens is 2. The van der Waals surface area contributed by atoms with Crippen molar-refractivity contribution in [2.24, 2.45) is 0 Å². The van der Waals surface area contributed by atoms with Crippen LogP contribution in [0.4, 0.5) is 10.1 Å². The van der Waals surface area contributed by atoms with Gasteiger partial charge in [-0.3, -0.25) is 14.9 Å². The van der Waals surface area contributed by atoms with Gasteiger partial charge in [0.15, 0.2) is 0 Å². The Balaban J connectivity index is 2.86. The number of ether oxygens (including phenoxy) is 1. The van der Waals surface area contributed by atoms with Crippen LogP contribution in [0.2, 0.25) is 0 Å². The summed E-state index contributed by atoms with van der Waals surface area (Å²) >= 11 is 2.90. The molecule has 0 amide bonds. The Hall–Kier alpha value is -1.50. The van der Waals surface area contributed by atoms with E-state index in [-0.39, 0.29) is 22.9 Å². The minimum atomic E-state index is -0.893. The van der Waals surface area contributed by atoms with Crippen molar-refractivity contribution in [3.63, 3.8) is 0 Å². The summed E-state index contributed by atoms with van der Waals surface area (Å²) in [5, 5.41) is 10.8. The second-order valence-corrected chi connectivity index (χ2v) is 4.41. The first kappa shape index (κ1) is 14.6. The molecular formula is C11H11BrFNO4. The van der Waals surface area contributed by atoms with Crippen LogP contribution in [0, 0.1) is 15.9 Å². The normalized spacial score (nSPS) is 10.2. The third kappa shape index (κ3) is 3.49. The number of nitro groups is 1. The Morgan fingerprint density at radius 2 is 2.22 bits per heavy atom. The molecule has 0 unspecified atom stereocenters. The Labute approximate surface area is 111 Å². The van der Waals surface area contributed by atoms with Crippen molar-refractivity contribution >= 4 is 27.6 Å². The zero-order valence-electron chi connectivity index (χ0n) is 9.61. The number of nitrogens with zero attached hydrogens (tertiary/aromatic N) is 1. The summed E-state index contributed by atoms with van der Waals surface area (Å²) < 4.78 is 18.1. The first-order valence-corrected chi connectivity index (χ1v) is 5.94. The summed E-state index contributed by atoms with van der Waals surface area (Å²) in [6, 6.07) is 2.89. The molecule has 18 heavy (non-hydrogen) atoms. The topological polar surface area (TPSA) is 69.4 Å². The zero-order chi connectivity index (χ0) is 13.7. The van der Waals surface area contributed by atoms with Crippen molar-refractivity contribution in [1.29, 1.82) is 0 Å². The van der Waals surface area contributed by atoms with Crippen LogP contribution in [0.5, 0.6) is 0 Å². The molecule has 0 saturated carbocycles. The van der Waals surface area contributed by atoms with Crippen molar-refractivity contribution in [2.45, 2.75) is 19.3 Å². The predicted molar refractivity (Wildman–Crippen MR) is 65.7 cm³/mol.